The minimum absolute atomic E-state index is 0.116. The van der Waals surface area contributed by atoms with Crippen LogP contribution in [0.2, 0.25) is 0 Å². The summed E-state index contributed by atoms with van der Waals surface area (Å²) in [5.74, 6) is -0.449. The van der Waals surface area contributed by atoms with E-state index in [1.165, 1.54) is 7.11 Å². The summed E-state index contributed by atoms with van der Waals surface area (Å²) >= 11 is 3.39. The van der Waals surface area contributed by atoms with E-state index < -0.39 is 5.41 Å². The summed E-state index contributed by atoms with van der Waals surface area (Å²) in [5, 5.41) is 2.75. The molecule has 0 radical (unpaired) electrons. The van der Waals surface area contributed by atoms with Gasteiger partial charge in [0.1, 0.15) is 0 Å². The third-order valence-electron chi connectivity index (χ3n) is 2.96. The van der Waals surface area contributed by atoms with Gasteiger partial charge in [-0.05, 0) is 31.5 Å². The molecule has 0 aromatic heterocycles. The fraction of sp³-hybridized carbons (Fsp3) is 0.429. The van der Waals surface area contributed by atoms with Crippen molar-refractivity contribution in [3.8, 4) is 0 Å². The molecule has 1 amide bonds. The molecule has 0 saturated carbocycles. The van der Waals surface area contributed by atoms with Gasteiger partial charge in [0.15, 0.2) is 0 Å². The number of benzene rings is 1. The molecule has 1 aromatic rings. The van der Waals surface area contributed by atoms with Crippen molar-refractivity contribution in [3.63, 3.8) is 0 Å². The van der Waals surface area contributed by atoms with Crippen molar-refractivity contribution in [2.24, 2.45) is 0 Å². The van der Waals surface area contributed by atoms with Crippen molar-refractivity contribution in [1.82, 2.24) is 5.32 Å². The number of carbonyl (C=O) groups excluding carboxylic acids is 2. The summed E-state index contributed by atoms with van der Waals surface area (Å²) in [4.78, 5) is 23.1. The highest BCUT2D eigenvalue weighted by atomic mass is 79.9. The van der Waals surface area contributed by atoms with Crippen LogP contribution in [0.5, 0.6) is 0 Å². The molecule has 104 valence electrons. The standard InChI is InChI=1S/C14H18BrNO3/c1-14(2,10-5-4-6-11(15)9-10)13(18)16-8-7-12(17)19-3/h4-6,9H,7-8H2,1-3H3,(H,16,18). The van der Waals surface area contributed by atoms with E-state index in [-0.39, 0.29) is 24.8 Å². The summed E-state index contributed by atoms with van der Waals surface area (Å²) < 4.78 is 5.45. The second-order valence-corrected chi connectivity index (χ2v) is 5.63. The van der Waals surface area contributed by atoms with E-state index in [1.54, 1.807) is 0 Å². The van der Waals surface area contributed by atoms with Gasteiger partial charge in [-0.25, -0.2) is 0 Å². The Kier molecular flexibility index (Phi) is 5.54. The summed E-state index contributed by atoms with van der Waals surface area (Å²) in [6, 6.07) is 7.63. The number of hydrogen-bond acceptors (Lipinski definition) is 3. The van der Waals surface area contributed by atoms with Crippen LogP contribution >= 0.6 is 15.9 Å². The number of carbonyl (C=O) groups is 2. The first-order chi connectivity index (χ1) is 8.87. The van der Waals surface area contributed by atoms with Gasteiger partial charge in [0.05, 0.1) is 18.9 Å². The number of methoxy groups -OCH3 is 1. The van der Waals surface area contributed by atoms with Crippen molar-refractivity contribution in [2.75, 3.05) is 13.7 Å². The maximum atomic E-state index is 12.2. The molecule has 1 N–H and O–H groups in total. The van der Waals surface area contributed by atoms with Crippen molar-refractivity contribution in [1.29, 1.82) is 0 Å². The maximum absolute atomic E-state index is 12.2. The normalized spacial score (nSPS) is 10.9. The first-order valence-corrected chi connectivity index (χ1v) is 6.78. The minimum Gasteiger partial charge on any atom is -0.469 e. The van der Waals surface area contributed by atoms with E-state index in [9.17, 15) is 9.59 Å². The Balaban J connectivity index is 2.66. The number of nitrogens with one attached hydrogen (secondary N) is 1. The Morgan fingerprint density at radius 1 is 1.37 bits per heavy atom. The molecule has 0 heterocycles. The summed E-state index contributed by atoms with van der Waals surface area (Å²) in [5.41, 5.74) is 0.261. The zero-order chi connectivity index (χ0) is 14.5. The first kappa shape index (κ1) is 15.7. The van der Waals surface area contributed by atoms with E-state index in [0.717, 1.165) is 10.0 Å². The average Bonchev–Trinajstić information content (AvgIpc) is 2.38. The fourth-order valence-electron chi connectivity index (χ4n) is 1.61. The van der Waals surface area contributed by atoms with Gasteiger partial charge in [-0.15, -0.1) is 0 Å². The van der Waals surface area contributed by atoms with Crippen molar-refractivity contribution in [2.45, 2.75) is 25.7 Å². The van der Waals surface area contributed by atoms with E-state index in [0.29, 0.717) is 0 Å². The fourth-order valence-corrected chi connectivity index (χ4v) is 2.01. The Bertz CT molecular complexity index is 472. The molecular weight excluding hydrogens is 310 g/mol. The Morgan fingerprint density at radius 3 is 2.63 bits per heavy atom. The van der Waals surface area contributed by atoms with Crippen molar-refractivity contribution in [3.05, 3.63) is 34.3 Å². The number of ether oxygens (including phenoxy) is 1. The largest absolute Gasteiger partial charge is 0.469 e. The SMILES string of the molecule is COC(=O)CCNC(=O)C(C)(C)c1cccc(Br)c1. The van der Waals surface area contributed by atoms with Crippen LogP contribution in [0.1, 0.15) is 25.8 Å². The van der Waals surface area contributed by atoms with Crippen LogP contribution in [-0.2, 0) is 19.7 Å². The molecule has 0 aliphatic rings. The number of esters is 1. The summed E-state index contributed by atoms with van der Waals surface area (Å²) in [6.07, 6.45) is 0.177. The van der Waals surface area contributed by atoms with Crippen LogP contribution in [0.3, 0.4) is 0 Å². The molecular formula is C14H18BrNO3. The van der Waals surface area contributed by atoms with Gasteiger partial charge in [0.25, 0.3) is 0 Å². The number of halogens is 1. The predicted octanol–water partition coefficient (Wildman–Crippen LogP) is 2.41. The van der Waals surface area contributed by atoms with Gasteiger partial charge >= 0.3 is 5.97 Å². The van der Waals surface area contributed by atoms with Crippen LogP contribution in [0.4, 0.5) is 0 Å². The quantitative estimate of drug-likeness (QED) is 0.845. The highest BCUT2D eigenvalue weighted by molar-refractivity contribution is 9.10. The van der Waals surface area contributed by atoms with Crippen molar-refractivity contribution >= 4 is 27.8 Å². The van der Waals surface area contributed by atoms with E-state index in [4.69, 9.17) is 0 Å². The van der Waals surface area contributed by atoms with Gasteiger partial charge < -0.3 is 10.1 Å². The lowest BCUT2D eigenvalue weighted by atomic mass is 9.84. The molecule has 0 spiro atoms. The molecule has 0 aliphatic carbocycles. The molecule has 0 fully saturated rings. The van der Waals surface area contributed by atoms with Crippen molar-refractivity contribution < 1.29 is 14.3 Å². The Labute approximate surface area is 121 Å². The third-order valence-corrected chi connectivity index (χ3v) is 3.45. The predicted molar refractivity (Wildman–Crippen MR) is 76.8 cm³/mol. The Morgan fingerprint density at radius 2 is 2.05 bits per heavy atom. The number of amides is 1. The number of rotatable bonds is 5. The molecule has 1 rings (SSSR count). The van der Waals surface area contributed by atoms with Gasteiger partial charge in [0, 0.05) is 11.0 Å². The molecule has 0 unspecified atom stereocenters. The van der Waals surface area contributed by atoms with Gasteiger partial charge in [-0.1, -0.05) is 28.1 Å². The van der Waals surface area contributed by atoms with Crippen LogP contribution in [0.25, 0.3) is 0 Å². The van der Waals surface area contributed by atoms with Gasteiger partial charge in [-0.2, -0.15) is 0 Å². The van der Waals surface area contributed by atoms with Crippen LogP contribution in [0, 0.1) is 0 Å². The third kappa shape index (κ3) is 4.35. The zero-order valence-corrected chi connectivity index (χ0v) is 12.9. The molecule has 19 heavy (non-hydrogen) atoms. The lowest BCUT2D eigenvalue weighted by Crippen LogP contribution is -2.40. The lowest BCUT2D eigenvalue weighted by molar-refractivity contribution is -0.140. The zero-order valence-electron chi connectivity index (χ0n) is 11.3. The van der Waals surface area contributed by atoms with Gasteiger partial charge in [-0.3, -0.25) is 9.59 Å². The van der Waals surface area contributed by atoms with Crippen LogP contribution in [-0.4, -0.2) is 25.5 Å². The molecule has 0 bridgehead atoms. The molecule has 0 saturated heterocycles. The van der Waals surface area contributed by atoms with E-state index in [2.05, 4.69) is 26.0 Å². The van der Waals surface area contributed by atoms with Gasteiger partial charge in [0.2, 0.25) is 5.91 Å². The smallest absolute Gasteiger partial charge is 0.307 e. The Hall–Kier alpha value is -1.36. The lowest BCUT2D eigenvalue weighted by Gasteiger charge is -2.24. The molecule has 0 atom stereocenters. The first-order valence-electron chi connectivity index (χ1n) is 5.99. The number of hydrogen-bond donors (Lipinski definition) is 1. The molecule has 4 nitrogen and oxygen atoms in total. The highest BCUT2D eigenvalue weighted by Gasteiger charge is 2.29. The summed E-state index contributed by atoms with van der Waals surface area (Å²) in [6.45, 7) is 3.98. The van der Waals surface area contributed by atoms with E-state index in [1.807, 2.05) is 38.1 Å². The van der Waals surface area contributed by atoms with E-state index >= 15 is 0 Å². The monoisotopic (exact) mass is 327 g/mol. The average molecular weight is 328 g/mol. The molecule has 5 heteroatoms. The summed E-state index contributed by atoms with van der Waals surface area (Å²) in [7, 11) is 1.33. The minimum atomic E-state index is -0.653. The topological polar surface area (TPSA) is 55.4 Å². The molecule has 0 aliphatic heterocycles. The molecule has 1 aromatic carbocycles. The second kappa shape index (κ2) is 6.70. The highest BCUT2D eigenvalue weighted by Crippen LogP contribution is 2.25. The second-order valence-electron chi connectivity index (χ2n) is 4.72. The maximum Gasteiger partial charge on any atom is 0.307 e. The van der Waals surface area contributed by atoms with Crippen LogP contribution < -0.4 is 5.32 Å². The van der Waals surface area contributed by atoms with Crippen LogP contribution in [0.15, 0.2) is 28.7 Å².